The van der Waals surface area contributed by atoms with Crippen molar-refractivity contribution in [2.45, 2.75) is 65.8 Å². The number of unbranched alkanes of at least 4 members (excludes halogenated alkanes) is 2. The van der Waals surface area contributed by atoms with Gasteiger partial charge in [-0.25, -0.2) is 4.98 Å². The number of nitrogens with zero attached hydrogens (tertiary/aromatic N) is 3. The molecule has 134 valence electrons. The highest BCUT2D eigenvalue weighted by Gasteiger charge is 2.28. The lowest BCUT2D eigenvalue weighted by atomic mass is 10.1. The Hall–Kier alpha value is -1.85. The molecule has 6 nitrogen and oxygen atoms in total. The van der Waals surface area contributed by atoms with Gasteiger partial charge in [-0.3, -0.25) is 9.59 Å². The predicted octanol–water partition coefficient (Wildman–Crippen LogP) is 2.62. The summed E-state index contributed by atoms with van der Waals surface area (Å²) in [7, 11) is 0. The third-order valence-corrected chi connectivity index (χ3v) is 4.64. The summed E-state index contributed by atoms with van der Waals surface area (Å²) in [4.78, 5) is 31.5. The molecule has 1 aliphatic heterocycles. The molecule has 0 radical (unpaired) electrons. The molecule has 1 aromatic rings. The molecule has 0 unspecified atom stereocenters. The average Bonchev–Trinajstić information content (AvgIpc) is 2.99. The van der Waals surface area contributed by atoms with Crippen molar-refractivity contribution in [1.29, 1.82) is 0 Å². The Morgan fingerprint density at radius 2 is 1.92 bits per heavy atom. The van der Waals surface area contributed by atoms with E-state index in [2.05, 4.69) is 17.2 Å². The van der Waals surface area contributed by atoms with Crippen LogP contribution < -0.4 is 5.32 Å². The first-order valence-electron chi connectivity index (χ1n) is 9.30. The van der Waals surface area contributed by atoms with Gasteiger partial charge < -0.3 is 14.8 Å². The molecule has 0 atom stereocenters. The maximum absolute atomic E-state index is 12.7. The summed E-state index contributed by atoms with van der Waals surface area (Å²) in [5.74, 6) is 0.181. The number of nitrogens with one attached hydrogen (secondary N) is 1. The first-order valence-corrected chi connectivity index (χ1v) is 9.30. The normalized spacial score (nSPS) is 13.5. The van der Waals surface area contributed by atoms with Crippen molar-refractivity contribution in [3.8, 4) is 0 Å². The first kappa shape index (κ1) is 18.5. The van der Waals surface area contributed by atoms with E-state index in [0.717, 1.165) is 50.8 Å². The van der Waals surface area contributed by atoms with Crippen LogP contribution in [0.25, 0.3) is 0 Å². The molecule has 0 spiro atoms. The Kier molecular flexibility index (Phi) is 6.82. The van der Waals surface area contributed by atoms with Gasteiger partial charge in [-0.15, -0.1) is 0 Å². The zero-order chi connectivity index (χ0) is 17.5. The van der Waals surface area contributed by atoms with Gasteiger partial charge >= 0.3 is 0 Å². The molecular weight excluding hydrogens is 304 g/mol. The van der Waals surface area contributed by atoms with E-state index in [-0.39, 0.29) is 11.8 Å². The number of carbonyl (C=O) groups excluding carboxylic acids is 2. The van der Waals surface area contributed by atoms with Gasteiger partial charge in [0, 0.05) is 26.2 Å². The quantitative estimate of drug-likeness (QED) is 0.743. The summed E-state index contributed by atoms with van der Waals surface area (Å²) in [5, 5.41) is 2.95. The maximum Gasteiger partial charge on any atom is 0.287 e. The van der Waals surface area contributed by atoms with Crippen molar-refractivity contribution >= 4 is 11.8 Å². The van der Waals surface area contributed by atoms with Crippen LogP contribution in [0, 0.1) is 0 Å². The summed E-state index contributed by atoms with van der Waals surface area (Å²) in [5.41, 5.74) is 1.40. The lowest BCUT2D eigenvalue weighted by Crippen LogP contribution is -2.31. The Bertz CT molecular complexity index is 576. The zero-order valence-corrected chi connectivity index (χ0v) is 15.2. The van der Waals surface area contributed by atoms with Crippen molar-refractivity contribution in [3.63, 3.8) is 0 Å². The third kappa shape index (κ3) is 3.97. The lowest BCUT2D eigenvalue weighted by Gasteiger charge is -2.20. The van der Waals surface area contributed by atoms with E-state index in [9.17, 15) is 9.59 Å². The third-order valence-electron chi connectivity index (χ3n) is 4.64. The molecule has 2 amide bonds. The van der Waals surface area contributed by atoms with Gasteiger partial charge in [-0.05, 0) is 39.5 Å². The number of hydrogen-bond donors (Lipinski definition) is 1. The molecule has 0 fully saturated rings. The van der Waals surface area contributed by atoms with E-state index in [1.165, 1.54) is 0 Å². The Morgan fingerprint density at radius 3 is 2.58 bits per heavy atom. The van der Waals surface area contributed by atoms with Crippen LogP contribution in [-0.4, -0.2) is 45.9 Å². The standard InChI is InChI=1S/C18H30N4O2/c1-4-7-9-12-19-17(23)16-20-15(18(24)21(5-2)6-3)14-11-8-10-13-22(14)16/h4-13H2,1-3H3,(H,19,23). The van der Waals surface area contributed by atoms with Crippen molar-refractivity contribution in [1.82, 2.24) is 19.8 Å². The van der Waals surface area contributed by atoms with Crippen molar-refractivity contribution in [2.75, 3.05) is 19.6 Å². The van der Waals surface area contributed by atoms with E-state index in [0.29, 0.717) is 31.2 Å². The van der Waals surface area contributed by atoms with Gasteiger partial charge in [0.2, 0.25) is 0 Å². The van der Waals surface area contributed by atoms with Gasteiger partial charge in [0.1, 0.15) is 5.69 Å². The number of carbonyl (C=O) groups is 2. The van der Waals surface area contributed by atoms with Gasteiger partial charge in [0.25, 0.3) is 11.8 Å². The lowest BCUT2D eigenvalue weighted by molar-refractivity contribution is 0.0766. The highest BCUT2D eigenvalue weighted by atomic mass is 16.2. The molecular formula is C18H30N4O2. The second-order valence-corrected chi connectivity index (χ2v) is 6.28. The largest absolute Gasteiger partial charge is 0.349 e. The topological polar surface area (TPSA) is 67.2 Å². The number of hydrogen-bond acceptors (Lipinski definition) is 3. The van der Waals surface area contributed by atoms with Gasteiger partial charge in [0.05, 0.1) is 5.69 Å². The summed E-state index contributed by atoms with van der Waals surface area (Å²) < 4.78 is 1.95. The van der Waals surface area contributed by atoms with E-state index in [4.69, 9.17) is 0 Å². The molecule has 24 heavy (non-hydrogen) atoms. The summed E-state index contributed by atoms with van der Waals surface area (Å²) in [6, 6.07) is 0. The highest BCUT2D eigenvalue weighted by Crippen LogP contribution is 2.22. The van der Waals surface area contributed by atoms with E-state index < -0.39 is 0 Å². The fraction of sp³-hybridized carbons (Fsp3) is 0.722. The average molecular weight is 334 g/mol. The van der Waals surface area contributed by atoms with Crippen molar-refractivity contribution in [3.05, 3.63) is 17.2 Å². The van der Waals surface area contributed by atoms with Crippen molar-refractivity contribution in [2.24, 2.45) is 0 Å². The van der Waals surface area contributed by atoms with Crippen LogP contribution in [0.1, 0.15) is 79.7 Å². The number of imidazole rings is 1. The second-order valence-electron chi connectivity index (χ2n) is 6.28. The molecule has 0 bridgehead atoms. The molecule has 2 rings (SSSR count). The second kappa shape index (κ2) is 8.85. The van der Waals surface area contributed by atoms with E-state index in [1.54, 1.807) is 4.90 Å². The Balaban J connectivity index is 2.23. The zero-order valence-electron chi connectivity index (χ0n) is 15.2. The minimum Gasteiger partial charge on any atom is -0.349 e. The molecule has 0 saturated carbocycles. The van der Waals surface area contributed by atoms with Gasteiger partial charge in [-0.2, -0.15) is 0 Å². The fourth-order valence-corrected chi connectivity index (χ4v) is 3.20. The molecule has 2 heterocycles. The molecule has 0 aromatic carbocycles. The smallest absolute Gasteiger partial charge is 0.287 e. The minimum absolute atomic E-state index is 0.0596. The summed E-state index contributed by atoms with van der Waals surface area (Å²) in [6.45, 7) is 8.80. The number of amides is 2. The van der Waals surface area contributed by atoms with Crippen LogP contribution in [-0.2, 0) is 13.0 Å². The minimum atomic E-state index is -0.159. The maximum atomic E-state index is 12.7. The SMILES string of the molecule is CCCCCNC(=O)c1nc(C(=O)N(CC)CC)c2n1CCCC2. The number of rotatable bonds is 8. The molecule has 0 aliphatic carbocycles. The first-order chi connectivity index (χ1) is 11.6. The molecule has 1 aromatic heterocycles. The Labute approximate surface area is 144 Å². The molecule has 0 saturated heterocycles. The highest BCUT2D eigenvalue weighted by molar-refractivity contribution is 5.97. The number of aromatic nitrogens is 2. The molecule has 6 heteroatoms. The van der Waals surface area contributed by atoms with E-state index in [1.807, 2.05) is 18.4 Å². The summed E-state index contributed by atoms with van der Waals surface area (Å²) in [6.07, 6.45) is 6.09. The fourth-order valence-electron chi connectivity index (χ4n) is 3.20. The van der Waals surface area contributed by atoms with Crippen LogP contribution in [0.5, 0.6) is 0 Å². The van der Waals surface area contributed by atoms with Gasteiger partial charge in [0.15, 0.2) is 5.82 Å². The molecule has 1 N–H and O–H groups in total. The van der Waals surface area contributed by atoms with E-state index >= 15 is 0 Å². The van der Waals surface area contributed by atoms with Gasteiger partial charge in [-0.1, -0.05) is 19.8 Å². The predicted molar refractivity (Wildman–Crippen MR) is 94.3 cm³/mol. The number of fused-ring (bicyclic) bond motifs is 1. The van der Waals surface area contributed by atoms with Crippen molar-refractivity contribution < 1.29 is 9.59 Å². The van der Waals surface area contributed by atoms with Crippen LogP contribution in [0.3, 0.4) is 0 Å². The van der Waals surface area contributed by atoms with Crippen LogP contribution in [0.2, 0.25) is 0 Å². The monoisotopic (exact) mass is 334 g/mol. The summed E-state index contributed by atoms with van der Waals surface area (Å²) >= 11 is 0. The van der Waals surface area contributed by atoms with Crippen LogP contribution in [0.4, 0.5) is 0 Å². The van der Waals surface area contributed by atoms with Crippen LogP contribution in [0.15, 0.2) is 0 Å². The Morgan fingerprint density at radius 1 is 1.17 bits per heavy atom. The molecule has 1 aliphatic rings. The van der Waals surface area contributed by atoms with Crippen LogP contribution >= 0.6 is 0 Å².